The number of carboxylic acids is 1. The molecule has 4 heteroatoms. The van der Waals surface area contributed by atoms with E-state index in [-0.39, 0.29) is 22.2 Å². The quantitative estimate of drug-likeness (QED) is 0.448. The summed E-state index contributed by atoms with van der Waals surface area (Å²) in [6, 6.07) is 0. The molecular formula is C3H7NiO2P. The van der Waals surface area contributed by atoms with Gasteiger partial charge in [0.2, 0.25) is 0 Å². The predicted molar refractivity (Wildman–Crippen MR) is 26.8 cm³/mol. The molecule has 0 aromatic carbocycles. The molecule has 0 saturated carbocycles. The van der Waals surface area contributed by atoms with Gasteiger partial charge in [0.15, 0.2) is 0 Å². The second kappa shape index (κ2) is 4.55. The Kier molecular flexibility index (Phi) is 6.75. The summed E-state index contributed by atoms with van der Waals surface area (Å²) in [6.07, 6.45) is 0. The van der Waals surface area contributed by atoms with Crippen molar-refractivity contribution in [2.45, 2.75) is 12.6 Å². The van der Waals surface area contributed by atoms with Crippen molar-refractivity contribution in [2.75, 3.05) is 0 Å². The molecule has 0 heterocycles. The van der Waals surface area contributed by atoms with Gasteiger partial charge in [-0.3, -0.25) is 4.79 Å². The van der Waals surface area contributed by atoms with E-state index in [1.807, 2.05) is 0 Å². The maximum absolute atomic E-state index is 9.68. The molecule has 0 rings (SSSR count). The van der Waals surface area contributed by atoms with E-state index >= 15 is 0 Å². The predicted octanol–water partition coefficient (Wildman–Crippen LogP) is 0.332. The van der Waals surface area contributed by atoms with Crippen molar-refractivity contribution in [3.63, 3.8) is 0 Å². The molecule has 2 nitrogen and oxygen atoms in total. The first-order valence-electron chi connectivity index (χ1n) is 1.63. The first-order valence-corrected chi connectivity index (χ1v) is 2.29. The Balaban J connectivity index is 0. The van der Waals surface area contributed by atoms with E-state index in [2.05, 4.69) is 9.24 Å². The Morgan fingerprint density at radius 1 is 1.86 bits per heavy atom. The van der Waals surface area contributed by atoms with Crippen LogP contribution >= 0.6 is 9.24 Å². The van der Waals surface area contributed by atoms with Crippen LogP contribution in [0, 0.1) is 0 Å². The summed E-state index contributed by atoms with van der Waals surface area (Å²) in [6.45, 7) is 1.60. The molecule has 7 heavy (non-hydrogen) atoms. The average Bonchev–Trinajstić information content (AvgIpc) is 1.36. The van der Waals surface area contributed by atoms with Crippen molar-refractivity contribution in [3.05, 3.63) is 0 Å². The van der Waals surface area contributed by atoms with E-state index in [0.29, 0.717) is 0 Å². The van der Waals surface area contributed by atoms with Gasteiger partial charge in [-0.25, -0.2) is 0 Å². The summed E-state index contributed by atoms with van der Waals surface area (Å²) < 4.78 is 0. The van der Waals surface area contributed by atoms with Gasteiger partial charge in [-0.15, -0.1) is 9.24 Å². The summed E-state index contributed by atoms with van der Waals surface area (Å²) in [5.41, 5.74) is -0.315. The van der Waals surface area contributed by atoms with Crippen LogP contribution in [0.15, 0.2) is 0 Å². The molecule has 0 saturated heterocycles. The topological polar surface area (TPSA) is 37.3 Å². The Hall–Kier alpha value is 0.394. The minimum absolute atomic E-state index is 0. The van der Waals surface area contributed by atoms with Crippen LogP contribution in [0.1, 0.15) is 6.92 Å². The zero-order valence-corrected chi connectivity index (χ0v) is 5.97. The van der Waals surface area contributed by atoms with E-state index in [1.165, 1.54) is 0 Å². The summed E-state index contributed by atoms with van der Waals surface area (Å²) in [7, 11) is 2.17. The molecule has 0 bridgehead atoms. The number of hydrogen-bond donors (Lipinski definition) is 1. The minimum Gasteiger partial charge on any atom is -0.481 e. The number of hydrogen-bond acceptors (Lipinski definition) is 1. The standard InChI is InChI=1S/C3H7O2P.Ni/c1-2(6)3(4)5;/h2H,6H2,1H3,(H,4,5);. The van der Waals surface area contributed by atoms with Crippen LogP contribution in [-0.2, 0) is 21.3 Å². The monoisotopic (exact) mass is 164 g/mol. The first-order chi connectivity index (χ1) is 2.64. The molecular weight excluding hydrogens is 158 g/mol. The number of carboxylic acid groups (broad SMARTS) is 1. The molecule has 2 unspecified atom stereocenters. The normalized spacial score (nSPS) is 11.7. The summed E-state index contributed by atoms with van der Waals surface area (Å²) >= 11 is 0. The molecule has 1 N–H and O–H groups in total. The Morgan fingerprint density at radius 2 is 2.00 bits per heavy atom. The van der Waals surface area contributed by atoms with Crippen molar-refractivity contribution < 1.29 is 26.4 Å². The fourth-order valence-electron chi connectivity index (χ4n) is 0. The van der Waals surface area contributed by atoms with E-state index < -0.39 is 5.97 Å². The summed E-state index contributed by atoms with van der Waals surface area (Å²) in [4.78, 5) is 9.68. The maximum Gasteiger partial charge on any atom is 0.310 e. The number of rotatable bonds is 1. The zero-order valence-electron chi connectivity index (χ0n) is 3.83. The fourth-order valence-corrected chi connectivity index (χ4v) is 0. The third-order valence-electron chi connectivity index (χ3n) is 0.390. The average molecular weight is 165 g/mol. The molecule has 46 valence electrons. The van der Waals surface area contributed by atoms with Gasteiger partial charge in [0.25, 0.3) is 0 Å². The molecule has 0 fully saturated rings. The zero-order chi connectivity index (χ0) is 5.15. The van der Waals surface area contributed by atoms with Gasteiger partial charge >= 0.3 is 5.97 Å². The van der Waals surface area contributed by atoms with Gasteiger partial charge < -0.3 is 5.11 Å². The summed E-state index contributed by atoms with van der Waals surface area (Å²) in [5.74, 6) is -0.778. The molecule has 0 amide bonds. The molecule has 0 aliphatic rings. The fraction of sp³-hybridized carbons (Fsp3) is 0.667. The van der Waals surface area contributed by atoms with Crippen LogP contribution in [0.3, 0.4) is 0 Å². The third kappa shape index (κ3) is 6.39. The van der Waals surface area contributed by atoms with E-state index in [4.69, 9.17) is 5.11 Å². The molecule has 0 spiro atoms. The van der Waals surface area contributed by atoms with Gasteiger partial charge in [-0.1, -0.05) is 0 Å². The second-order valence-electron chi connectivity index (χ2n) is 1.13. The second-order valence-corrected chi connectivity index (χ2v) is 2.13. The van der Waals surface area contributed by atoms with E-state index in [9.17, 15) is 4.79 Å². The molecule has 0 aliphatic carbocycles. The molecule has 0 radical (unpaired) electrons. The van der Waals surface area contributed by atoms with Crippen LogP contribution in [0.2, 0.25) is 0 Å². The first kappa shape index (κ1) is 10.4. The van der Waals surface area contributed by atoms with Crippen molar-refractivity contribution in [1.82, 2.24) is 0 Å². The van der Waals surface area contributed by atoms with Crippen molar-refractivity contribution in [3.8, 4) is 0 Å². The Labute approximate surface area is 54.8 Å². The molecule has 2 atom stereocenters. The van der Waals surface area contributed by atoms with Crippen molar-refractivity contribution in [1.29, 1.82) is 0 Å². The van der Waals surface area contributed by atoms with Crippen LogP contribution in [-0.4, -0.2) is 16.7 Å². The van der Waals surface area contributed by atoms with Crippen LogP contribution in [0.4, 0.5) is 0 Å². The molecule has 0 aromatic rings. The Bertz CT molecular complexity index is 64.0. The maximum atomic E-state index is 9.68. The van der Waals surface area contributed by atoms with E-state index in [0.717, 1.165) is 0 Å². The van der Waals surface area contributed by atoms with Crippen LogP contribution in [0.5, 0.6) is 0 Å². The van der Waals surface area contributed by atoms with Crippen LogP contribution < -0.4 is 0 Å². The number of aliphatic carboxylic acids is 1. The van der Waals surface area contributed by atoms with E-state index in [1.54, 1.807) is 6.92 Å². The van der Waals surface area contributed by atoms with Gasteiger partial charge in [-0.2, -0.15) is 0 Å². The van der Waals surface area contributed by atoms with Gasteiger partial charge in [0.1, 0.15) is 0 Å². The minimum atomic E-state index is -0.778. The van der Waals surface area contributed by atoms with Crippen molar-refractivity contribution in [2.24, 2.45) is 0 Å². The molecule has 0 aromatic heterocycles. The van der Waals surface area contributed by atoms with Crippen molar-refractivity contribution >= 4 is 15.2 Å². The van der Waals surface area contributed by atoms with Gasteiger partial charge in [0, 0.05) is 16.5 Å². The van der Waals surface area contributed by atoms with Gasteiger partial charge in [-0.05, 0) is 6.92 Å². The smallest absolute Gasteiger partial charge is 0.310 e. The third-order valence-corrected chi connectivity index (χ3v) is 0.675. The number of carbonyl (C=O) groups is 1. The van der Waals surface area contributed by atoms with Gasteiger partial charge in [0.05, 0.1) is 5.66 Å². The Morgan fingerprint density at radius 3 is 2.00 bits per heavy atom. The van der Waals surface area contributed by atoms with Crippen LogP contribution in [0.25, 0.3) is 0 Å². The largest absolute Gasteiger partial charge is 0.481 e. The molecule has 0 aliphatic heterocycles. The summed E-state index contributed by atoms with van der Waals surface area (Å²) in [5, 5.41) is 7.97. The SMILES string of the molecule is CC(P)C(=O)O.[Ni].